The molecule has 0 aliphatic heterocycles. The summed E-state index contributed by atoms with van der Waals surface area (Å²) in [6.07, 6.45) is 4.34. The number of aliphatic hydroxyl groups is 1. The van der Waals surface area contributed by atoms with Gasteiger partial charge >= 0.3 is 0 Å². The summed E-state index contributed by atoms with van der Waals surface area (Å²) in [5, 5.41) is 11.3. The Balaban J connectivity index is 1.59. The topological polar surface area (TPSA) is 86.7 Å². The third-order valence-corrected chi connectivity index (χ3v) is 10.6. The molecular formula is C32H39BrN2O4S. The third kappa shape index (κ3) is 6.61. The molecule has 0 atom stereocenters. The predicted molar refractivity (Wildman–Crippen MR) is 164 cm³/mol. The minimum atomic E-state index is -3.84. The van der Waals surface area contributed by atoms with Crippen LogP contribution in [0.5, 0.6) is 0 Å². The molecule has 1 aliphatic carbocycles. The Kier molecular flexibility index (Phi) is 9.12. The van der Waals surface area contributed by atoms with E-state index in [0.29, 0.717) is 35.5 Å². The number of sulfonamides is 1. The van der Waals surface area contributed by atoms with Crippen LogP contribution in [0, 0.1) is 34.6 Å². The molecule has 0 aromatic heterocycles. The van der Waals surface area contributed by atoms with Crippen LogP contribution in [0.1, 0.15) is 75.8 Å². The van der Waals surface area contributed by atoms with E-state index in [1.165, 1.54) is 0 Å². The van der Waals surface area contributed by atoms with E-state index in [1.807, 2.05) is 58.9 Å². The van der Waals surface area contributed by atoms with E-state index >= 15 is 0 Å². The molecule has 2 N–H and O–H groups in total. The van der Waals surface area contributed by atoms with E-state index in [-0.39, 0.29) is 12.5 Å². The number of nitrogens with one attached hydrogen (secondary N) is 1. The molecule has 6 nitrogen and oxygen atoms in total. The number of carbonyl (C=O) groups excluding carboxylic acids is 1. The molecule has 4 rings (SSSR count). The second kappa shape index (κ2) is 12.0. The summed E-state index contributed by atoms with van der Waals surface area (Å²) in [4.78, 5) is 15.7. The van der Waals surface area contributed by atoms with Crippen molar-refractivity contribution >= 4 is 37.5 Å². The Hall–Kier alpha value is -2.68. The second-order valence-corrected chi connectivity index (χ2v) is 13.7. The van der Waals surface area contributed by atoms with Crippen molar-refractivity contribution in [3.63, 3.8) is 0 Å². The van der Waals surface area contributed by atoms with Gasteiger partial charge in [-0.05, 0) is 117 Å². The molecule has 0 spiro atoms. The zero-order valence-corrected chi connectivity index (χ0v) is 26.4. The van der Waals surface area contributed by atoms with Crippen molar-refractivity contribution in [1.82, 2.24) is 4.90 Å². The number of benzene rings is 3. The highest BCUT2D eigenvalue weighted by atomic mass is 79.9. The van der Waals surface area contributed by atoms with Crippen molar-refractivity contribution in [2.24, 2.45) is 0 Å². The van der Waals surface area contributed by atoms with Gasteiger partial charge in [-0.2, -0.15) is 0 Å². The molecule has 40 heavy (non-hydrogen) atoms. The van der Waals surface area contributed by atoms with Crippen LogP contribution in [-0.2, 0) is 16.6 Å². The van der Waals surface area contributed by atoms with Crippen LogP contribution in [0.4, 0.5) is 5.69 Å². The lowest BCUT2D eigenvalue weighted by Crippen LogP contribution is -2.46. The average molecular weight is 628 g/mol. The van der Waals surface area contributed by atoms with Crippen molar-refractivity contribution < 1.29 is 18.3 Å². The number of hydrogen-bond donors (Lipinski definition) is 2. The summed E-state index contributed by atoms with van der Waals surface area (Å²) in [7, 11) is -3.84. The fraction of sp³-hybridized carbons (Fsp3) is 0.406. The zero-order valence-electron chi connectivity index (χ0n) is 24.0. The summed E-state index contributed by atoms with van der Waals surface area (Å²) < 4.78 is 30.5. The number of halogens is 1. The number of anilines is 1. The van der Waals surface area contributed by atoms with E-state index in [9.17, 15) is 18.3 Å². The molecule has 214 valence electrons. The monoisotopic (exact) mass is 626 g/mol. The first-order valence-corrected chi connectivity index (χ1v) is 16.0. The SMILES string of the molecule is Cc1c(C)c(C)c(S(=O)(=O)Nc2ccc(C(=O)N(Cc3cccc(Br)c3)CC3(O)CCCCC3)cc2)c(C)c1C. The standard InChI is InChI=1S/C32H39BrN2O4S/c1-21-22(2)24(4)30(25(5)23(21)3)40(38,39)34-29-14-12-27(13-15-29)31(36)35(19-26-10-9-11-28(33)18-26)20-32(37)16-7-6-8-17-32/h9-15,18,34,37H,6-8,16-17,19-20H2,1-5H3. The van der Waals surface area contributed by atoms with E-state index in [0.717, 1.165) is 57.1 Å². The molecule has 1 saturated carbocycles. The second-order valence-electron chi connectivity index (χ2n) is 11.2. The highest BCUT2D eigenvalue weighted by Crippen LogP contribution is 2.32. The van der Waals surface area contributed by atoms with Crippen molar-refractivity contribution in [3.05, 3.63) is 91.9 Å². The van der Waals surface area contributed by atoms with Gasteiger partial charge in [0.25, 0.3) is 15.9 Å². The smallest absolute Gasteiger partial charge is 0.262 e. The van der Waals surface area contributed by atoms with E-state index in [4.69, 9.17) is 0 Å². The molecule has 1 fully saturated rings. The Morgan fingerprint density at radius 1 is 0.900 bits per heavy atom. The van der Waals surface area contributed by atoms with Gasteiger partial charge < -0.3 is 10.0 Å². The van der Waals surface area contributed by atoms with Crippen molar-refractivity contribution in [2.45, 2.75) is 83.8 Å². The lowest BCUT2D eigenvalue weighted by atomic mass is 9.84. The van der Waals surface area contributed by atoms with E-state index in [2.05, 4.69) is 20.7 Å². The molecule has 0 bridgehead atoms. The minimum absolute atomic E-state index is 0.204. The number of rotatable bonds is 8. The molecule has 0 radical (unpaired) electrons. The summed E-state index contributed by atoms with van der Waals surface area (Å²) in [6.45, 7) is 10.2. The maximum absolute atomic E-state index is 13.7. The highest BCUT2D eigenvalue weighted by Gasteiger charge is 2.33. The predicted octanol–water partition coefficient (Wildman–Crippen LogP) is 7.13. The third-order valence-electron chi connectivity index (χ3n) is 8.40. The number of hydrogen-bond acceptors (Lipinski definition) is 4. The number of carbonyl (C=O) groups is 1. The fourth-order valence-corrected chi connectivity index (χ4v) is 7.82. The maximum atomic E-state index is 13.7. The first-order valence-electron chi connectivity index (χ1n) is 13.8. The number of nitrogens with zero attached hydrogens (tertiary/aromatic N) is 1. The molecule has 1 aliphatic rings. The van der Waals surface area contributed by atoms with E-state index < -0.39 is 15.6 Å². The molecule has 0 heterocycles. The van der Waals surface area contributed by atoms with Crippen LogP contribution >= 0.6 is 15.9 Å². The summed E-state index contributed by atoms with van der Waals surface area (Å²) in [5.74, 6) is -0.204. The van der Waals surface area contributed by atoms with Crippen molar-refractivity contribution in [3.8, 4) is 0 Å². The lowest BCUT2D eigenvalue weighted by Gasteiger charge is -2.37. The average Bonchev–Trinajstić information content (AvgIpc) is 2.90. The largest absolute Gasteiger partial charge is 0.388 e. The normalized spacial score (nSPS) is 15.1. The molecular weight excluding hydrogens is 588 g/mol. The number of amides is 1. The van der Waals surface area contributed by atoms with Crippen LogP contribution < -0.4 is 4.72 Å². The Bertz CT molecular complexity index is 1480. The van der Waals surface area contributed by atoms with Crippen LogP contribution in [-0.4, -0.2) is 36.5 Å². The molecule has 1 amide bonds. The zero-order chi connectivity index (χ0) is 29.2. The Morgan fingerprint density at radius 2 is 1.48 bits per heavy atom. The Morgan fingerprint density at radius 3 is 2.05 bits per heavy atom. The minimum Gasteiger partial charge on any atom is -0.388 e. The first kappa shape index (κ1) is 30.3. The molecule has 8 heteroatoms. The van der Waals surface area contributed by atoms with Gasteiger partial charge in [0.15, 0.2) is 0 Å². The Labute approximate surface area is 247 Å². The fourth-order valence-electron chi connectivity index (χ4n) is 5.72. The van der Waals surface area contributed by atoms with Gasteiger partial charge in [-0.1, -0.05) is 47.3 Å². The summed E-state index contributed by atoms with van der Waals surface area (Å²) in [6, 6.07) is 14.3. The van der Waals surface area contributed by atoms with Gasteiger partial charge in [0.2, 0.25) is 0 Å². The van der Waals surface area contributed by atoms with E-state index in [1.54, 1.807) is 29.2 Å². The van der Waals surface area contributed by atoms with Gasteiger partial charge in [-0.3, -0.25) is 9.52 Å². The first-order chi connectivity index (χ1) is 18.8. The van der Waals surface area contributed by atoms with Crippen LogP contribution in [0.2, 0.25) is 0 Å². The summed E-state index contributed by atoms with van der Waals surface area (Å²) in [5.41, 5.74) is 5.39. The highest BCUT2D eigenvalue weighted by molar-refractivity contribution is 9.10. The van der Waals surface area contributed by atoms with Crippen LogP contribution in [0.25, 0.3) is 0 Å². The van der Waals surface area contributed by atoms with Gasteiger partial charge in [-0.15, -0.1) is 0 Å². The van der Waals surface area contributed by atoms with Gasteiger partial charge in [0.05, 0.1) is 17.0 Å². The van der Waals surface area contributed by atoms with Crippen molar-refractivity contribution in [2.75, 3.05) is 11.3 Å². The van der Waals surface area contributed by atoms with Crippen molar-refractivity contribution in [1.29, 1.82) is 0 Å². The molecule has 0 saturated heterocycles. The maximum Gasteiger partial charge on any atom is 0.262 e. The molecule has 0 unspecified atom stereocenters. The molecule has 3 aromatic carbocycles. The summed E-state index contributed by atoms with van der Waals surface area (Å²) >= 11 is 3.50. The lowest BCUT2D eigenvalue weighted by molar-refractivity contribution is -0.0237. The quantitative estimate of drug-likeness (QED) is 0.278. The van der Waals surface area contributed by atoms with Gasteiger partial charge in [0, 0.05) is 22.3 Å². The van der Waals surface area contributed by atoms with Crippen LogP contribution in [0.15, 0.2) is 57.9 Å². The molecule has 3 aromatic rings. The van der Waals surface area contributed by atoms with Gasteiger partial charge in [-0.25, -0.2) is 8.42 Å². The van der Waals surface area contributed by atoms with Crippen LogP contribution in [0.3, 0.4) is 0 Å². The van der Waals surface area contributed by atoms with Gasteiger partial charge in [0.1, 0.15) is 0 Å².